The van der Waals surface area contributed by atoms with Crippen molar-refractivity contribution in [1.29, 1.82) is 0 Å². The SMILES string of the molecule is Cc1c(CC(=O)OC(C)C)c2c(F)c(O)c(F)cc2n1C(=O)c1cccc(F)c1. The van der Waals surface area contributed by atoms with Crippen LogP contribution >= 0.6 is 0 Å². The van der Waals surface area contributed by atoms with Gasteiger partial charge in [-0.25, -0.2) is 13.2 Å². The second-order valence-electron chi connectivity index (χ2n) is 6.85. The Morgan fingerprint density at radius 1 is 1.17 bits per heavy atom. The van der Waals surface area contributed by atoms with Gasteiger partial charge < -0.3 is 9.84 Å². The van der Waals surface area contributed by atoms with Gasteiger partial charge in [0.2, 0.25) is 0 Å². The molecule has 0 aliphatic heterocycles. The van der Waals surface area contributed by atoms with Gasteiger partial charge in [-0.15, -0.1) is 0 Å². The monoisotopic (exact) mass is 405 g/mol. The lowest BCUT2D eigenvalue weighted by Gasteiger charge is -2.09. The molecule has 0 fully saturated rings. The van der Waals surface area contributed by atoms with E-state index in [9.17, 15) is 27.9 Å². The number of phenols is 1. The second-order valence-corrected chi connectivity index (χ2v) is 6.85. The van der Waals surface area contributed by atoms with Crippen LogP contribution in [0.25, 0.3) is 10.9 Å². The van der Waals surface area contributed by atoms with Crippen molar-refractivity contribution in [1.82, 2.24) is 4.57 Å². The van der Waals surface area contributed by atoms with Crippen molar-refractivity contribution in [3.8, 4) is 5.75 Å². The molecule has 1 heterocycles. The summed E-state index contributed by atoms with van der Waals surface area (Å²) < 4.78 is 48.4. The number of benzene rings is 2. The fourth-order valence-electron chi connectivity index (χ4n) is 3.23. The van der Waals surface area contributed by atoms with E-state index in [2.05, 4.69) is 0 Å². The minimum atomic E-state index is -1.29. The third-order valence-corrected chi connectivity index (χ3v) is 4.45. The zero-order chi connectivity index (χ0) is 21.5. The Kier molecular flexibility index (Phi) is 5.37. The summed E-state index contributed by atoms with van der Waals surface area (Å²) in [6.45, 7) is 4.73. The summed E-state index contributed by atoms with van der Waals surface area (Å²) >= 11 is 0. The maximum atomic E-state index is 14.7. The highest BCUT2D eigenvalue weighted by Gasteiger charge is 2.27. The molecule has 0 saturated carbocycles. The van der Waals surface area contributed by atoms with Gasteiger partial charge in [-0.05, 0) is 44.5 Å². The average Bonchev–Trinajstić information content (AvgIpc) is 2.90. The van der Waals surface area contributed by atoms with E-state index in [0.717, 1.165) is 22.8 Å². The second kappa shape index (κ2) is 7.62. The van der Waals surface area contributed by atoms with Crippen LogP contribution in [0.5, 0.6) is 5.75 Å². The Labute approximate surface area is 164 Å². The number of nitrogens with zero attached hydrogens (tertiary/aromatic N) is 1. The first-order chi connectivity index (χ1) is 13.6. The largest absolute Gasteiger partial charge is 0.503 e. The zero-order valence-corrected chi connectivity index (χ0v) is 15.9. The molecule has 0 spiro atoms. The Morgan fingerprint density at radius 2 is 1.86 bits per heavy atom. The third-order valence-electron chi connectivity index (χ3n) is 4.45. The molecule has 0 aliphatic rings. The number of carbonyl (C=O) groups is 2. The van der Waals surface area contributed by atoms with Gasteiger partial charge >= 0.3 is 5.97 Å². The quantitative estimate of drug-likeness (QED) is 0.659. The number of phenolic OH excluding ortho intramolecular Hbond substituents is 1. The summed E-state index contributed by atoms with van der Waals surface area (Å²) in [6.07, 6.45) is -0.813. The van der Waals surface area contributed by atoms with Crippen molar-refractivity contribution in [3.05, 3.63) is 64.6 Å². The smallest absolute Gasteiger partial charge is 0.310 e. The summed E-state index contributed by atoms with van der Waals surface area (Å²) in [6, 6.07) is 5.64. The van der Waals surface area contributed by atoms with E-state index in [4.69, 9.17) is 4.74 Å². The minimum absolute atomic E-state index is 0.0461. The summed E-state index contributed by atoms with van der Waals surface area (Å²) in [7, 11) is 0. The van der Waals surface area contributed by atoms with Crippen molar-refractivity contribution in [2.24, 2.45) is 0 Å². The average molecular weight is 405 g/mol. The first-order valence-electron chi connectivity index (χ1n) is 8.82. The number of carbonyl (C=O) groups excluding carboxylic acids is 2. The molecule has 3 rings (SSSR count). The van der Waals surface area contributed by atoms with Gasteiger partial charge in [-0.2, -0.15) is 0 Å². The van der Waals surface area contributed by atoms with E-state index in [0.29, 0.717) is 0 Å². The van der Waals surface area contributed by atoms with Gasteiger partial charge in [0.15, 0.2) is 17.4 Å². The van der Waals surface area contributed by atoms with Crippen molar-refractivity contribution >= 4 is 22.8 Å². The summed E-state index contributed by atoms with van der Waals surface area (Å²) in [5, 5.41) is 9.42. The Morgan fingerprint density at radius 3 is 2.48 bits per heavy atom. The standard InChI is InChI=1S/C21H18F3NO4/c1-10(2)29-17(26)8-14-11(3)25(21(28)12-5-4-6-13(22)7-12)16-9-15(23)20(27)19(24)18(14)16/h4-7,9-10,27H,8H2,1-3H3. The molecule has 29 heavy (non-hydrogen) atoms. The molecule has 152 valence electrons. The molecule has 0 saturated heterocycles. The lowest BCUT2D eigenvalue weighted by Crippen LogP contribution is -2.16. The van der Waals surface area contributed by atoms with Crippen LogP contribution in [-0.2, 0) is 16.0 Å². The van der Waals surface area contributed by atoms with Crippen molar-refractivity contribution < 1.29 is 32.6 Å². The number of hydrogen-bond acceptors (Lipinski definition) is 4. The number of halogens is 3. The van der Waals surface area contributed by atoms with Crippen molar-refractivity contribution in [3.63, 3.8) is 0 Å². The van der Waals surface area contributed by atoms with Crippen molar-refractivity contribution in [2.45, 2.75) is 33.3 Å². The van der Waals surface area contributed by atoms with Gasteiger partial charge in [0.25, 0.3) is 5.91 Å². The fourth-order valence-corrected chi connectivity index (χ4v) is 3.23. The highest BCUT2D eigenvalue weighted by atomic mass is 19.1. The summed E-state index contributed by atoms with van der Waals surface area (Å²) in [5.74, 6) is -5.84. The first kappa shape index (κ1) is 20.4. The van der Waals surface area contributed by atoms with E-state index < -0.39 is 47.6 Å². The number of aromatic hydroxyl groups is 1. The van der Waals surface area contributed by atoms with Crippen LogP contribution < -0.4 is 0 Å². The normalized spacial score (nSPS) is 11.3. The van der Waals surface area contributed by atoms with Gasteiger partial charge in [-0.1, -0.05) is 6.07 Å². The van der Waals surface area contributed by atoms with E-state index >= 15 is 0 Å². The molecule has 0 amide bonds. The lowest BCUT2D eigenvalue weighted by molar-refractivity contribution is -0.146. The molecule has 3 aromatic rings. The predicted octanol–water partition coefficient (Wildman–Crippen LogP) is 4.26. The molecular formula is C21H18F3NO4. The van der Waals surface area contributed by atoms with Crippen molar-refractivity contribution in [2.75, 3.05) is 0 Å². The van der Waals surface area contributed by atoms with Gasteiger partial charge in [0.1, 0.15) is 5.82 Å². The number of fused-ring (bicyclic) bond motifs is 1. The Bertz CT molecular complexity index is 1130. The molecule has 0 aliphatic carbocycles. The van der Waals surface area contributed by atoms with E-state index in [1.165, 1.54) is 19.1 Å². The van der Waals surface area contributed by atoms with E-state index in [1.54, 1.807) is 13.8 Å². The van der Waals surface area contributed by atoms with E-state index in [1.807, 2.05) is 0 Å². The van der Waals surface area contributed by atoms with Crippen LogP contribution in [-0.4, -0.2) is 27.7 Å². The number of ether oxygens (including phenoxy) is 1. The van der Waals surface area contributed by atoms with Crippen LogP contribution in [0.15, 0.2) is 30.3 Å². The number of esters is 1. The molecule has 8 heteroatoms. The number of hydrogen-bond donors (Lipinski definition) is 1. The maximum Gasteiger partial charge on any atom is 0.310 e. The third kappa shape index (κ3) is 3.70. The van der Waals surface area contributed by atoms with Crippen LogP contribution in [0.1, 0.15) is 35.5 Å². The van der Waals surface area contributed by atoms with Gasteiger partial charge in [0, 0.05) is 22.7 Å². The molecule has 1 N–H and O–H groups in total. The highest BCUT2D eigenvalue weighted by molar-refractivity contribution is 6.05. The highest BCUT2D eigenvalue weighted by Crippen LogP contribution is 2.35. The van der Waals surface area contributed by atoms with Gasteiger partial charge in [-0.3, -0.25) is 14.2 Å². The topological polar surface area (TPSA) is 68.5 Å². The maximum absolute atomic E-state index is 14.7. The molecule has 0 radical (unpaired) electrons. The first-order valence-corrected chi connectivity index (χ1v) is 8.82. The fraction of sp³-hybridized carbons (Fsp3) is 0.238. The molecule has 5 nitrogen and oxygen atoms in total. The molecule has 1 aromatic heterocycles. The predicted molar refractivity (Wildman–Crippen MR) is 99.3 cm³/mol. The lowest BCUT2D eigenvalue weighted by atomic mass is 10.1. The molecule has 0 atom stereocenters. The van der Waals surface area contributed by atoms with E-state index in [-0.39, 0.29) is 27.7 Å². The minimum Gasteiger partial charge on any atom is -0.503 e. The van der Waals surface area contributed by atoms with Crippen LogP contribution in [0.2, 0.25) is 0 Å². The van der Waals surface area contributed by atoms with Crippen LogP contribution in [0.3, 0.4) is 0 Å². The Balaban J connectivity index is 2.26. The summed E-state index contributed by atoms with van der Waals surface area (Å²) in [4.78, 5) is 25.1. The number of rotatable bonds is 4. The molecule has 2 aromatic carbocycles. The Hall–Kier alpha value is -3.29. The number of aromatic nitrogens is 1. The van der Waals surface area contributed by atoms with Crippen LogP contribution in [0, 0.1) is 24.4 Å². The molecule has 0 unspecified atom stereocenters. The summed E-state index contributed by atoms with van der Waals surface area (Å²) in [5.41, 5.74) is -0.00539. The molecular weight excluding hydrogens is 387 g/mol. The molecule has 0 bridgehead atoms. The van der Waals surface area contributed by atoms with Gasteiger partial charge in [0.05, 0.1) is 18.0 Å². The van der Waals surface area contributed by atoms with Crippen LogP contribution in [0.4, 0.5) is 13.2 Å². The zero-order valence-electron chi connectivity index (χ0n) is 15.9.